The summed E-state index contributed by atoms with van der Waals surface area (Å²) in [6.45, 7) is 0.870. The van der Waals surface area contributed by atoms with Crippen LogP contribution in [0.25, 0.3) is 0 Å². The molecular weight excluding hydrogens is 208 g/mol. The van der Waals surface area contributed by atoms with Gasteiger partial charge in [0.2, 0.25) is 11.8 Å². The standard InChI is InChI=1S/C11H18N2O3/c14-7-8-4-2-1-3-5-13(8)9-6-10(15)12-11(9)16/h8-9,14H,1-7H2,(H,12,15,16). The zero-order valence-corrected chi connectivity index (χ0v) is 9.32. The molecule has 0 radical (unpaired) electrons. The van der Waals surface area contributed by atoms with Crippen molar-refractivity contribution >= 4 is 11.8 Å². The minimum Gasteiger partial charge on any atom is -0.395 e. The Labute approximate surface area is 94.8 Å². The molecule has 5 nitrogen and oxygen atoms in total. The number of likely N-dealkylation sites (tertiary alicyclic amines) is 1. The van der Waals surface area contributed by atoms with Gasteiger partial charge in [-0.3, -0.25) is 19.8 Å². The molecule has 2 heterocycles. The van der Waals surface area contributed by atoms with Gasteiger partial charge in [0.05, 0.1) is 19.1 Å². The second kappa shape index (κ2) is 4.93. The summed E-state index contributed by atoms with van der Waals surface area (Å²) < 4.78 is 0. The molecule has 90 valence electrons. The van der Waals surface area contributed by atoms with Crippen molar-refractivity contribution in [3.8, 4) is 0 Å². The van der Waals surface area contributed by atoms with Crippen LogP contribution in [0.4, 0.5) is 0 Å². The van der Waals surface area contributed by atoms with E-state index in [0.717, 1.165) is 32.2 Å². The fraction of sp³-hybridized carbons (Fsp3) is 0.818. The van der Waals surface area contributed by atoms with Crippen molar-refractivity contribution in [2.45, 2.75) is 44.2 Å². The van der Waals surface area contributed by atoms with Crippen LogP contribution in [0.5, 0.6) is 0 Å². The third kappa shape index (κ3) is 2.25. The molecule has 0 aromatic carbocycles. The van der Waals surface area contributed by atoms with Gasteiger partial charge in [0.25, 0.3) is 0 Å². The van der Waals surface area contributed by atoms with Crippen LogP contribution in [0.1, 0.15) is 32.1 Å². The first-order valence-electron chi connectivity index (χ1n) is 5.92. The van der Waals surface area contributed by atoms with E-state index in [1.165, 1.54) is 0 Å². The number of nitrogens with zero attached hydrogens (tertiary/aromatic N) is 1. The first-order chi connectivity index (χ1) is 7.72. The van der Waals surface area contributed by atoms with E-state index in [1.54, 1.807) is 0 Å². The van der Waals surface area contributed by atoms with E-state index >= 15 is 0 Å². The highest BCUT2D eigenvalue weighted by Gasteiger charge is 2.38. The molecule has 2 atom stereocenters. The summed E-state index contributed by atoms with van der Waals surface area (Å²) in [5, 5.41) is 11.7. The van der Waals surface area contributed by atoms with Gasteiger partial charge in [-0.1, -0.05) is 12.8 Å². The normalized spacial score (nSPS) is 32.6. The molecule has 2 aliphatic rings. The number of aliphatic hydroxyl groups excluding tert-OH is 1. The summed E-state index contributed by atoms with van der Waals surface area (Å²) in [6.07, 6.45) is 4.41. The Kier molecular flexibility index (Phi) is 3.56. The number of hydrogen-bond acceptors (Lipinski definition) is 4. The first-order valence-corrected chi connectivity index (χ1v) is 5.92. The molecule has 0 aliphatic carbocycles. The molecule has 0 saturated carbocycles. The second-order valence-corrected chi connectivity index (χ2v) is 4.56. The number of aliphatic hydroxyl groups is 1. The number of nitrogens with one attached hydrogen (secondary N) is 1. The maximum atomic E-state index is 11.6. The molecule has 0 aromatic heterocycles. The van der Waals surface area contributed by atoms with Gasteiger partial charge in [0.15, 0.2) is 0 Å². The summed E-state index contributed by atoms with van der Waals surface area (Å²) in [4.78, 5) is 24.8. The van der Waals surface area contributed by atoms with Crippen LogP contribution in [0.15, 0.2) is 0 Å². The van der Waals surface area contributed by atoms with Crippen LogP contribution in [0.3, 0.4) is 0 Å². The van der Waals surface area contributed by atoms with Crippen molar-refractivity contribution in [3.63, 3.8) is 0 Å². The second-order valence-electron chi connectivity index (χ2n) is 4.56. The van der Waals surface area contributed by atoms with Gasteiger partial charge < -0.3 is 5.11 Å². The SMILES string of the molecule is O=C1CC(N2CCCCCC2CO)C(=O)N1. The van der Waals surface area contributed by atoms with Crippen LogP contribution in [0, 0.1) is 0 Å². The summed E-state index contributed by atoms with van der Waals surface area (Å²) in [5.74, 6) is -0.402. The van der Waals surface area contributed by atoms with Crippen molar-refractivity contribution in [1.29, 1.82) is 0 Å². The fourth-order valence-electron chi connectivity index (χ4n) is 2.61. The molecule has 0 spiro atoms. The van der Waals surface area contributed by atoms with Crippen molar-refractivity contribution in [3.05, 3.63) is 0 Å². The summed E-state index contributed by atoms with van der Waals surface area (Å²) in [5.41, 5.74) is 0. The highest BCUT2D eigenvalue weighted by molar-refractivity contribution is 6.05. The van der Waals surface area contributed by atoms with Crippen molar-refractivity contribution in [2.24, 2.45) is 0 Å². The number of carbonyl (C=O) groups excluding carboxylic acids is 2. The molecule has 0 bridgehead atoms. The molecular formula is C11H18N2O3. The molecule has 16 heavy (non-hydrogen) atoms. The summed E-state index contributed by atoms with van der Waals surface area (Å²) in [7, 11) is 0. The predicted molar refractivity (Wildman–Crippen MR) is 57.6 cm³/mol. The average molecular weight is 226 g/mol. The number of imide groups is 1. The van der Waals surface area contributed by atoms with Gasteiger partial charge in [-0.05, 0) is 19.4 Å². The summed E-state index contributed by atoms with van der Waals surface area (Å²) >= 11 is 0. The van der Waals surface area contributed by atoms with Crippen molar-refractivity contribution in [1.82, 2.24) is 10.2 Å². The predicted octanol–water partition coefficient (Wildman–Crippen LogP) is -0.362. The van der Waals surface area contributed by atoms with E-state index in [-0.39, 0.29) is 36.9 Å². The minimum absolute atomic E-state index is 0.0316. The van der Waals surface area contributed by atoms with Crippen LogP contribution in [-0.2, 0) is 9.59 Å². The van der Waals surface area contributed by atoms with E-state index < -0.39 is 0 Å². The largest absolute Gasteiger partial charge is 0.395 e. The highest BCUT2D eigenvalue weighted by Crippen LogP contribution is 2.22. The molecule has 2 fully saturated rings. The third-order valence-corrected chi connectivity index (χ3v) is 3.48. The molecule has 5 heteroatoms. The van der Waals surface area contributed by atoms with Crippen molar-refractivity contribution in [2.75, 3.05) is 13.2 Å². The number of carbonyl (C=O) groups is 2. The van der Waals surface area contributed by atoms with E-state index in [2.05, 4.69) is 5.32 Å². The van der Waals surface area contributed by atoms with Crippen molar-refractivity contribution < 1.29 is 14.7 Å². The Morgan fingerprint density at radius 3 is 2.75 bits per heavy atom. The molecule has 2 rings (SSSR count). The Hall–Kier alpha value is -0.940. The fourth-order valence-corrected chi connectivity index (χ4v) is 2.61. The highest BCUT2D eigenvalue weighted by atomic mass is 16.3. The maximum Gasteiger partial charge on any atom is 0.244 e. The van der Waals surface area contributed by atoms with E-state index in [4.69, 9.17) is 0 Å². The van der Waals surface area contributed by atoms with Gasteiger partial charge in [0, 0.05) is 6.04 Å². The Balaban J connectivity index is 2.09. The number of hydrogen-bond donors (Lipinski definition) is 2. The number of amides is 2. The quantitative estimate of drug-likeness (QED) is 0.631. The third-order valence-electron chi connectivity index (χ3n) is 3.48. The summed E-state index contributed by atoms with van der Waals surface area (Å²) in [6, 6.07) is -0.327. The lowest BCUT2D eigenvalue weighted by molar-refractivity contribution is -0.126. The molecule has 0 aromatic rings. The Bertz CT molecular complexity index is 293. The maximum absolute atomic E-state index is 11.6. The molecule has 2 saturated heterocycles. The topological polar surface area (TPSA) is 69.6 Å². The lowest BCUT2D eigenvalue weighted by atomic mass is 10.1. The molecule has 2 amide bonds. The van der Waals surface area contributed by atoms with E-state index in [9.17, 15) is 14.7 Å². The van der Waals surface area contributed by atoms with Gasteiger partial charge in [-0.2, -0.15) is 0 Å². The van der Waals surface area contributed by atoms with Crippen LogP contribution in [0.2, 0.25) is 0 Å². The van der Waals surface area contributed by atoms with Crippen LogP contribution < -0.4 is 5.32 Å². The van der Waals surface area contributed by atoms with Gasteiger partial charge >= 0.3 is 0 Å². The van der Waals surface area contributed by atoms with Crippen LogP contribution in [-0.4, -0.2) is 47.1 Å². The minimum atomic E-state index is -0.359. The monoisotopic (exact) mass is 226 g/mol. The molecule has 2 N–H and O–H groups in total. The lowest BCUT2D eigenvalue weighted by Gasteiger charge is -2.31. The Morgan fingerprint density at radius 2 is 2.12 bits per heavy atom. The molecule has 2 aliphatic heterocycles. The van der Waals surface area contributed by atoms with E-state index in [0.29, 0.717) is 0 Å². The Morgan fingerprint density at radius 1 is 1.31 bits per heavy atom. The van der Waals surface area contributed by atoms with E-state index in [1.807, 2.05) is 4.90 Å². The lowest BCUT2D eigenvalue weighted by Crippen LogP contribution is -2.48. The van der Waals surface area contributed by atoms with Gasteiger partial charge in [0.1, 0.15) is 0 Å². The van der Waals surface area contributed by atoms with Crippen LogP contribution >= 0.6 is 0 Å². The average Bonchev–Trinajstić information content (AvgIpc) is 2.51. The smallest absolute Gasteiger partial charge is 0.244 e. The first kappa shape index (κ1) is 11.5. The zero-order valence-electron chi connectivity index (χ0n) is 9.32. The van der Waals surface area contributed by atoms with Gasteiger partial charge in [-0.25, -0.2) is 0 Å². The zero-order chi connectivity index (χ0) is 11.5. The number of rotatable bonds is 2. The van der Waals surface area contributed by atoms with Gasteiger partial charge in [-0.15, -0.1) is 0 Å². The molecule has 2 unspecified atom stereocenters.